The molecule has 0 unspecified atom stereocenters. The van der Waals surface area contributed by atoms with E-state index < -0.39 is 22.9 Å². The van der Waals surface area contributed by atoms with E-state index in [1.165, 1.54) is 23.4 Å². The average molecular weight is 448 g/mol. The smallest absolute Gasteiger partial charge is 0.352 e. The summed E-state index contributed by atoms with van der Waals surface area (Å²) in [5.41, 5.74) is -0.0514. The second-order valence-corrected chi connectivity index (χ2v) is 7.86. The van der Waals surface area contributed by atoms with Crippen LogP contribution in [0.1, 0.15) is 17.5 Å². The van der Waals surface area contributed by atoms with Gasteiger partial charge in [-0.05, 0) is 24.3 Å². The Bertz CT molecular complexity index is 1120. The van der Waals surface area contributed by atoms with Crippen molar-refractivity contribution in [3.05, 3.63) is 60.3 Å². The van der Waals surface area contributed by atoms with Crippen molar-refractivity contribution in [2.75, 3.05) is 5.32 Å². The number of amides is 2. The van der Waals surface area contributed by atoms with Gasteiger partial charge in [-0.2, -0.15) is 18.3 Å². The number of nitrogens with one attached hydrogen (secondary N) is 2. The summed E-state index contributed by atoms with van der Waals surface area (Å²) in [6, 6.07) is 6.64. The normalized spacial score (nSPS) is 15.8. The van der Waals surface area contributed by atoms with E-state index in [-0.39, 0.29) is 24.6 Å². The third-order valence-corrected chi connectivity index (χ3v) is 5.75. The molecule has 1 aromatic carbocycles. The first-order valence-electron chi connectivity index (χ1n) is 9.05. The number of carbonyl (C=O) groups is 2. The number of alkyl halides is 3. The topological polar surface area (TPSA) is 102 Å². The van der Waals surface area contributed by atoms with Gasteiger partial charge in [0.15, 0.2) is 5.82 Å². The molecule has 0 spiro atoms. The highest BCUT2D eigenvalue weighted by molar-refractivity contribution is 8.01. The van der Waals surface area contributed by atoms with Gasteiger partial charge >= 0.3 is 6.18 Å². The molecule has 1 atom stereocenters. The summed E-state index contributed by atoms with van der Waals surface area (Å²) in [5.74, 6) is -0.382. The summed E-state index contributed by atoms with van der Waals surface area (Å²) in [4.78, 5) is 33.3. The Balaban J connectivity index is 1.40. The maximum atomic E-state index is 12.9. The summed E-state index contributed by atoms with van der Waals surface area (Å²) in [6.45, 7) is 0.159. The number of pyridine rings is 1. The lowest BCUT2D eigenvalue weighted by Gasteiger charge is -2.24. The largest absolute Gasteiger partial charge is 0.416 e. The first-order chi connectivity index (χ1) is 14.8. The van der Waals surface area contributed by atoms with Gasteiger partial charge in [-0.15, -0.1) is 11.8 Å². The molecule has 8 nitrogen and oxygen atoms in total. The second kappa shape index (κ2) is 8.38. The van der Waals surface area contributed by atoms with Crippen molar-refractivity contribution in [3.8, 4) is 5.82 Å². The van der Waals surface area contributed by atoms with Crippen molar-refractivity contribution in [2.24, 2.45) is 0 Å². The Morgan fingerprint density at radius 1 is 1.29 bits per heavy atom. The summed E-state index contributed by atoms with van der Waals surface area (Å²) < 4.78 is 40.1. The van der Waals surface area contributed by atoms with Crippen LogP contribution >= 0.6 is 11.8 Å². The van der Waals surface area contributed by atoms with Crippen LogP contribution in [0.4, 0.5) is 18.9 Å². The van der Waals surface area contributed by atoms with Crippen LogP contribution in [0, 0.1) is 0 Å². The number of rotatable bonds is 5. The van der Waals surface area contributed by atoms with E-state index in [9.17, 15) is 22.8 Å². The van der Waals surface area contributed by atoms with Gasteiger partial charge in [-0.25, -0.2) is 14.6 Å². The fourth-order valence-electron chi connectivity index (χ4n) is 2.99. The van der Waals surface area contributed by atoms with Crippen LogP contribution < -0.4 is 10.6 Å². The third kappa shape index (κ3) is 4.68. The molecule has 4 rings (SSSR count). The molecule has 3 aromatic rings. The number of hydrogen-bond acceptors (Lipinski definition) is 6. The average Bonchev–Trinajstić information content (AvgIpc) is 3.27. The molecule has 160 valence electrons. The molecule has 0 radical (unpaired) electrons. The predicted molar refractivity (Wildman–Crippen MR) is 105 cm³/mol. The number of anilines is 1. The lowest BCUT2D eigenvalue weighted by atomic mass is 10.1. The molecule has 2 N–H and O–H groups in total. The van der Waals surface area contributed by atoms with E-state index in [4.69, 9.17) is 0 Å². The van der Waals surface area contributed by atoms with Gasteiger partial charge in [0.25, 0.3) is 0 Å². The molecule has 2 aromatic heterocycles. The van der Waals surface area contributed by atoms with Gasteiger partial charge in [-0.3, -0.25) is 9.59 Å². The maximum absolute atomic E-state index is 12.9. The van der Waals surface area contributed by atoms with Gasteiger partial charge in [0.1, 0.15) is 12.7 Å². The number of hydrogen-bond donors (Lipinski definition) is 2. The van der Waals surface area contributed by atoms with Crippen molar-refractivity contribution < 1.29 is 22.8 Å². The number of fused-ring (bicyclic) bond motifs is 1. The first-order valence-corrected chi connectivity index (χ1v) is 9.93. The molecule has 0 fully saturated rings. The highest BCUT2D eigenvalue weighted by atomic mass is 32.2. The molecule has 3 heterocycles. The van der Waals surface area contributed by atoms with E-state index in [1.54, 1.807) is 18.3 Å². The van der Waals surface area contributed by atoms with Crippen molar-refractivity contribution in [1.29, 1.82) is 0 Å². The molecule has 0 saturated carbocycles. The number of benzene rings is 1. The molecule has 2 amide bonds. The first kappa shape index (κ1) is 20.8. The van der Waals surface area contributed by atoms with Crippen LogP contribution in [0.5, 0.6) is 0 Å². The Labute approximate surface area is 178 Å². The summed E-state index contributed by atoms with van der Waals surface area (Å²) in [7, 11) is 0. The molecule has 0 bridgehead atoms. The van der Waals surface area contributed by atoms with Crippen molar-refractivity contribution in [1.82, 2.24) is 25.1 Å². The minimum Gasteiger partial charge on any atom is -0.352 e. The van der Waals surface area contributed by atoms with Crippen LogP contribution in [0.15, 0.2) is 54.1 Å². The van der Waals surface area contributed by atoms with Crippen molar-refractivity contribution in [3.63, 3.8) is 0 Å². The molecule has 12 heteroatoms. The second-order valence-electron chi connectivity index (χ2n) is 6.61. The molecule has 31 heavy (non-hydrogen) atoms. The van der Waals surface area contributed by atoms with Crippen LogP contribution in [0.25, 0.3) is 5.82 Å². The number of thioether (sulfide) groups is 1. The standard InChI is InChI=1S/C19H15F3N6O2S/c20-19(21,22)12-3-4-14-13(6-12)27-18(30)15(31-14)7-16(29)25-8-11-2-1-5-24-17(11)28-10-23-9-26-28/h1-6,9-10,15H,7-8H2,(H,25,29)(H,27,30)/t15-/m1/s1. The van der Waals surface area contributed by atoms with E-state index in [1.807, 2.05) is 0 Å². The van der Waals surface area contributed by atoms with Crippen LogP contribution in [0.3, 0.4) is 0 Å². The third-order valence-electron chi connectivity index (χ3n) is 4.48. The zero-order chi connectivity index (χ0) is 22.0. The predicted octanol–water partition coefficient (Wildman–Crippen LogP) is 2.80. The molecule has 1 aliphatic rings. The fourth-order valence-corrected chi connectivity index (χ4v) is 4.08. The molecule has 0 aliphatic carbocycles. The minimum atomic E-state index is -4.50. The van der Waals surface area contributed by atoms with E-state index in [2.05, 4.69) is 25.7 Å². The molecule has 0 saturated heterocycles. The van der Waals surface area contributed by atoms with Crippen molar-refractivity contribution >= 4 is 29.3 Å². The quantitative estimate of drug-likeness (QED) is 0.623. The monoisotopic (exact) mass is 448 g/mol. The van der Waals surface area contributed by atoms with E-state index in [0.717, 1.165) is 23.9 Å². The van der Waals surface area contributed by atoms with Crippen LogP contribution in [0.2, 0.25) is 0 Å². The number of nitrogens with zero attached hydrogens (tertiary/aromatic N) is 4. The van der Waals surface area contributed by atoms with Crippen LogP contribution in [-0.2, 0) is 22.3 Å². The minimum absolute atomic E-state index is 0.0920. The Hall–Kier alpha value is -3.41. The van der Waals surface area contributed by atoms with Crippen LogP contribution in [-0.4, -0.2) is 36.8 Å². The highest BCUT2D eigenvalue weighted by Gasteiger charge is 2.34. The Morgan fingerprint density at radius 3 is 2.87 bits per heavy atom. The van der Waals surface area contributed by atoms with Gasteiger partial charge in [0, 0.05) is 29.6 Å². The molecular weight excluding hydrogens is 433 g/mol. The lowest BCUT2D eigenvalue weighted by Crippen LogP contribution is -2.35. The summed E-state index contributed by atoms with van der Waals surface area (Å²) >= 11 is 1.06. The summed E-state index contributed by atoms with van der Waals surface area (Å²) in [5, 5.41) is 8.47. The fraction of sp³-hybridized carbons (Fsp3) is 0.211. The highest BCUT2D eigenvalue weighted by Crippen LogP contribution is 2.40. The zero-order valence-corrected chi connectivity index (χ0v) is 16.6. The zero-order valence-electron chi connectivity index (χ0n) is 15.8. The van der Waals surface area contributed by atoms with Gasteiger partial charge in [0.2, 0.25) is 11.8 Å². The SMILES string of the molecule is O=C(C[C@H]1Sc2ccc(C(F)(F)F)cc2NC1=O)NCc1cccnc1-n1cncn1. The number of halogens is 3. The van der Waals surface area contributed by atoms with Gasteiger partial charge < -0.3 is 10.6 Å². The molecule has 1 aliphatic heterocycles. The Morgan fingerprint density at radius 2 is 2.13 bits per heavy atom. The molecular formula is C19H15F3N6O2S. The maximum Gasteiger partial charge on any atom is 0.416 e. The van der Waals surface area contributed by atoms with E-state index in [0.29, 0.717) is 16.3 Å². The van der Waals surface area contributed by atoms with Crippen molar-refractivity contribution in [2.45, 2.75) is 29.3 Å². The van der Waals surface area contributed by atoms with Gasteiger partial charge in [0.05, 0.1) is 16.5 Å². The summed E-state index contributed by atoms with van der Waals surface area (Å²) in [6.07, 6.45) is -0.189. The van der Waals surface area contributed by atoms with E-state index >= 15 is 0 Å². The number of aromatic nitrogens is 4. The Kier molecular flexibility index (Phi) is 5.63. The lowest BCUT2D eigenvalue weighted by molar-refractivity contribution is -0.137. The van der Waals surface area contributed by atoms with Gasteiger partial charge in [-0.1, -0.05) is 6.07 Å². The number of carbonyl (C=O) groups excluding carboxylic acids is 2.